The molecule has 1 rings (SSSR count). The Balaban J connectivity index is 2.78. The van der Waals surface area contributed by atoms with Crippen LogP contribution in [0.25, 0.3) is 0 Å². The zero-order valence-corrected chi connectivity index (χ0v) is 9.08. The van der Waals surface area contributed by atoms with E-state index in [1.165, 1.54) is 4.31 Å². The zero-order chi connectivity index (χ0) is 10.6. The number of anilines is 1. The quantitative estimate of drug-likeness (QED) is 0.732. The highest BCUT2D eigenvalue weighted by molar-refractivity contribution is 7.82. The molecule has 0 aliphatic heterocycles. The molecule has 1 aromatic heterocycles. The Hall–Kier alpha value is -1.23. The van der Waals surface area contributed by atoms with E-state index < -0.39 is 0 Å². The average Bonchev–Trinajstić information content (AvgIpc) is 2.17. The summed E-state index contributed by atoms with van der Waals surface area (Å²) < 4.78 is 1.19. The first kappa shape index (κ1) is 10.8. The van der Waals surface area contributed by atoms with E-state index in [-0.39, 0.29) is 6.03 Å². The van der Waals surface area contributed by atoms with E-state index >= 15 is 0 Å². The molecule has 0 saturated heterocycles. The molecule has 1 N–H and O–H groups in total. The number of thiol groups is 1. The number of urea groups is 1. The van der Waals surface area contributed by atoms with Crippen molar-refractivity contribution in [3.05, 3.63) is 23.9 Å². The molecule has 2 amide bonds. The SMILES string of the molecule is CCNC(=O)N(S)c1cc(C)ccn1. The van der Waals surface area contributed by atoms with Crippen molar-refractivity contribution in [2.75, 3.05) is 10.8 Å². The monoisotopic (exact) mass is 211 g/mol. The minimum atomic E-state index is -0.270. The van der Waals surface area contributed by atoms with Crippen LogP contribution in [-0.4, -0.2) is 17.6 Å². The van der Waals surface area contributed by atoms with Crippen LogP contribution in [0.3, 0.4) is 0 Å². The number of amides is 2. The van der Waals surface area contributed by atoms with Gasteiger partial charge in [-0.1, -0.05) is 12.8 Å². The molecular weight excluding hydrogens is 198 g/mol. The van der Waals surface area contributed by atoms with Crippen molar-refractivity contribution in [2.45, 2.75) is 13.8 Å². The van der Waals surface area contributed by atoms with Gasteiger partial charge in [-0.3, -0.25) is 0 Å². The van der Waals surface area contributed by atoms with Crippen LogP contribution in [0.5, 0.6) is 0 Å². The zero-order valence-electron chi connectivity index (χ0n) is 8.19. The summed E-state index contributed by atoms with van der Waals surface area (Å²) >= 11 is 4.05. The Morgan fingerprint density at radius 3 is 3.00 bits per heavy atom. The lowest BCUT2D eigenvalue weighted by atomic mass is 10.3. The van der Waals surface area contributed by atoms with Gasteiger partial charge in [-0.2, -0.15) is 0 Å². The molecule has 0 bridgehead atoms. The van der Waals surface area contributed by atoms with Crippen molar-refractivity contribution >= 4 is 24.7 Å². The van der Waals surface area contributed by atoms with Crippen LogP contribution in [0.2, 0.25) is 0 Å². The molecule has 0 fully saturated rings. The minimum absolute atomic E-state index is 0.270. The van der Waals surface area contributed by atoms with Gasteiger partial charge in [0.15, 0.2) is 0 Å². The van der Waals surface area contributed by atoms with Crippen LogP contribution >= 0.6 is 12.8 Å². The van der Waals surface area contributed by atoms with E-state index in [2.05, 4.69) is 23.1 Å². The molecule has 0 saturated carbocycles. The topological polar surface area (TPSA) is 45.2 Å². The Kier molecular flexibility index (Phi) is 3.76. The second kappa shape index (κ2) is 4.85. The maximum absolute atomic E-state index is 11.4. The average molecular weight is 211 g/mol. The predicted octanol–water partition coefficient (Wildman–Crippen LogP) is 1.77. The van der Waals surface area contributed by atoms with Gasteiger partial charge in [0, 0.05) is 12.7 Å². The lowest BCUT2D eigenvalue weighted by molar-refractivity contribution is 0.250. The molecule has 5 heteroatoms. The van der Waals surface area contributed by atoms with Crippen molar-refractivity contribution in [2.24, 2.45) is 0 Å². The summed E-state index contributed by atoms with van der Waals surface area (Å²) in [6.07, 6.45) is 1.65. The summed E-state index contributed by atoms with van der Waals surface area (Å²) in [7, 11) is 0. The number of nitrogens with one attached hydrogen (secondary N) is 1. The summed E-state index contributed by atoms with van der Waals surface area (Å²) in [6.45, 7) is 4.36. The first-order chi connectivity index (χ1) is 6.65. The fraction of sp³-hybridized carbons (Fsp3) is 0.333. The molecule has 0 aliphatic rings. The maximum Gasteiger partial charge on any atom is 0.333 e. The number of aryl methyl sites for hydroxylation is 1. The van der Waals surface area contributed by atoms with Crippen molar-refractivity contribution in [1.29, 1.82) is 0 Å². The van der Waals surface area contributed by atoms with Gasteiger partial charge in [0.1, 0.15) is 5.82 Å². The van der Waals surface area contributed by atoms with Crippen molar-refractivity contribution in [1.82, 2.24) is 10.3 Å². The molecular formula is C9H13N3OS. The minimum Gasteiger partial charge on any atom is -0.337 e. The van der Waals surface area contributed by atoms with E-state index in [9.17, 15) is 4.79 Å². The van der Waals surface area contributed by atoms with Crippen molar-refractivity contribution in [3.63, 3.8) is 0 Å². The molecule has 76 valence electrons. The van der Waals surface area contributed by atoms with E-state index in [0.717, 1.165) is 5.56 Å². The lowest BCUT2D eigenvalue weighted by Crippen LogP contribution is -2.34. The van der Waals surface area contributed by atoms with Crippen LogP contribution in [0.4, 0.5) is 10.6 Å². The third-order valence-electron chi connectivity index (χ3n) is 1.64. The summed E-state index contributed by atoms with van der Waals surface area (Å²) in [5.74, 6) is 0.527. The number of hydrogen-bond donors (Lipinski definition) is 2. The van der Waals surface area contributed by atoms with Gasteiger partial charge in [0.25, 0.3) is 0 Å². The highest BCUT2D eigenvalue weighted by atomic mass is 32.1. The third-order valence-corrected chi connectivity index (χ3v) is 2.02. The number of carbonyl (C=O) groups is 1. The summed E-state index contributed by atoms with van der Waals surface area (Å²) in [5.41, 5.74) is 1.04. The van der Waals surface area contributed by atoms with E-state index in [1.807, 2.05) is 19.9 Å². The number of carbonyl (C=O) groups excluding carboxylic acids is 1. The van der Waals surface area contributed by atoms with Gasteiger partial charge in [0.2, 0.25) is 0 Å². The Labute approximate surface area is 88.9 Å². The predicted molar refractivity (Wildman–Crippen MR) is 59.5 cm³/mol. The smallest absolute Gasteiger partial charge is 0.333 e. The molecule has 0 atom stereocenters. The van der Waals surface area contributed by atoms with Crippen LogP contribution < -0.4 is 9.62 Å². The number of hydrogen-bond acceptors (Lipinski definition) is 3. The van der Waals surface area contributed by atoms with Gasteiger partial charge in [-0.25, -0.2) is 14.1 Å². The van der Waals surface area contributed by atoms with E-state index in [4.69, 9.17) is 0 Å². The normalized spacial score (nSPS) is 9.64. The second-order valence-electron chi connectivity index (χ2n) is 2.84. The highest BCUT2D eigenvalue weighted by Gasteiger charge is 2.11. The third kappa shape index (κ3) is 2.63. The molecule has 0 aliphatic carbocycles. The van der Waals surface area contributed by atoms with Crippen LogP contribution in [0.15, 0.2) is 18.3 Å². The molecule has 14 heavy (non-hydrogen) atoms. The molecule has 0 spiro atoms. The Bertz CT molecular complexity index is 330. The molecule has 1 aromatic rings. The molecule has 0 unspecified atom stereocenters. The first-order valence-electron chi connectivity index (χ1n) is 4.34. The van der Waals surface area contributed by atoms with Crippen molar-refractivity contribution < 1.29 is 4.79 Å². The Morgan fingerprint density at radius 1 is 1.71 bits per heavy atom. The van der Waals surface area contributed by atoms with Gasteiger partial charge in [-0.15, -0.1) is 0 Å². The number of pyridine rings is 1. The maximum atomic E-state index is 11.4. The fourth-order valence-electron chi connectivity index (χ4n) is 0.966. The standard InChI is InChI=1S/C9H13N3OS/c1-3-10-9(13)12(14)8-6-7(2)4-5-11-8/h4-6,14H,3H2,1-2H3,(H,10,13). The molecule has 4 nitrogen and oxygen atoms in total. The number of nitrogens with zero attached hydrogens (tertiary/aromatic N) is 2. The van der Waals surface area contributed by atoms with E-state index in [0.29, 0.717) is 12.4 Å². The Morgan fingerprint density at radius 2 is 2.43 bits per heavy atom. The van der Waals surface area contributed by atoms with Crippen molar-refractivity contribution in [3.8, 4) is 0 Å². The molecule has 0 aromatic carbocycles. The van der Waals surface area contributed by atoms with Crippen LogP contribution in [-0.2, 0) is 0 Å². The van der Waals surface area contributed by atoms with Gasteiger partial charge >= 0.3 is 6.03 Å². The second-order valence-corrected chi connectivity index (χ2v) is 3.24. The fourth-order valence-corrected chi connectivity index (χ4v) is 1.15. The van der Waals surface area contributed by atoms with Crippen LogP contribution in [0.1, 0.15) is 12.5 Å². The highest BCUT2D eigenvalue weighted by Crippen LogP contribution is 2.13. The summed E-state index contributed by atoms with van der Waals surface area (Å²) in [4.78, 5) is 15.4. The molecule has 0 radical (unpaired) electrons. The van der Waals surface area contributed by atoms with Gasteiger partial charge < -0.3 is 5.32 Å². The first-order valence-corrected chi connectivity index (χ1v) is 4.74. The summed E-state index contributed by atoms with van der Waals surface area (Å²) in [5, 5.41) is 2.63. The van der Waals surface area contributed by atoms with Gasteiger partial charge in [-0.05, 0) is 31.5 Å². The lowest BCUT2D eigenvalue weighted by Gasteiger charge is -2.14. The number of rotatable bonds is 2. The van der Waals surface area contributed by atoms with Gasteiger partial charge in [0.05, 0.1) is 0 Å². The van der Waals surface area contributed by atoms with Crippen LogP contribution in [0, 0.1) is 6.92 Å². The summed E-state index contributed by atoms with van der Waals surface area (Å²) in [6, 6.07) is 3.39. The number of aromatic nitrogens is 1. The largest absolute Gasteiger partial charge is 0.337 e. The molecule has 1 heterocycles. The van der Waals surface area contributed by atoms with E-state index in [1.54, 1.807) is 12.3 Å².